The van der Waals surface area contributed by atoms with Crippen LogP contribution in [0.1, 0.15) is 29.4 Å². The van der Waals surface area contributed by atoms with Crippen molar-refractivity contribution < 1.29 is 9.53 Å². The van der Waals surface area contributed by atoms with Gasteiger partial charge < -0.3 is 14.2 Å². The van der Waals surface area contributed by atoms with Crippen molar-refractivity contribution >= 4 is 5.91 Å². The van der Waals surface area contributed by atoms with Gasteiger partial charge in [-0.15, -0.1) is 0 Å². The van der Waals surface area contributed by atoms with Gasteiger partial charge in [0.05, 0.1) is 6.61 Å². The third-order valence-corrected chi connectivity index (χ3v) is 4.48. The zero-order valence-corrected chi connectivity index (χ0v) is 15.0. The predicted octanol–water partition coefficient (Wildman–Crippen LogP) is 2.17. The Hall–Kier alpha value is -2.34. The molecular formula is C19H26N4O2. The molecule has 0 radical (unpaired) electrons. The molecular weight excluding hydrogens is 316 g/mol. The van der Waals surface area contributed by atoms with E-state index in [0.717, 1.165) is 44.8 Å². The van der Waals surface area contributed by atoms with Crippen molar-refractivity contribution in [3.63, 3.8) is 0 Å². The number of rotatable bonds is 6. The second kappa shape index (κ2) is 8.16. The molecule has 1 fully saturated rings. The Morgan fingerprint density at radius 3 is 2.60 bits per heavy atom. The first kappa shape index (κ1) is 17.5. The maximum atomic E-state index is 12.5. The number of piperazine rings is 1. The van der Waals surface area contributed by atoms with Crippen LogP contribution in [0.2, 0.25) is 0 Å². The van der Waals surface area contributed by atoms with E-state index in [1.165, 1.54) is 5.56 Å². The molecule has 134 valence electrons. The lowest BCUT2D eigenvalue weighted by Crippen LogP contribution is -2.48. The fourth-order valence-corrected chi connectivity index (χ4v) is 3.01. The monoisotopic (exact) mass is 342 g/mol. The first-order valence-corrected chi connectivity index (χ1v) is 8.88. The lowest BCUT2D eigenvalue weighted by molar-refractivity contribution is 0.0619. The van der Waals surface area contributed by atoms with E-state index in [9.17, 15) is 4.79 Å². The lowest BCUT2D eigenvalue weighted by atomic mass is 10.2. The van der Waals surface area contributed by atoms with E-state index >= 15 is 0 Å². The molecule has 25 heavy (non-hydrogen) atoms. The fraction of sp³-hybridized carbons (Fsp3) is 0.474. The minimum absolute atomic E-state index is 0.117. The molecule has 1 aliphatic rings. The second-order valence-electron chi connectivity index (χ2n) is 6.43. The standard InChI is InChI=1S/C19H26N4O2/c1-3-13-25-18-7-6-16(14-20-18)15-22-9-11-23(12-10-22)19(24)17-5-4-8-21(17)2/h4-8,14H,3,9-13,15H2,1-2H3. The van der Waals surface area contributed by atoms with Gasteiger partial charge >= 0.3 is 0 Å². The highest BCUT2D eigenvalue weighted by molar-refractivity contribution is 5.92. The summed E-state index contributed by atoms with van der Waals surface area (Å²) in [5, 5.41) is 0. The highest BCUT2D eigenvalue weighted by atomic mass is 16.5. The molecule has 0 saturated carbocycles. The van der Waals surface area contributed by atoms with Gasteiger partial charge in [0.1, 0.15) is 5.69 Å². The number of hydrogen-bond donors (Lipinski definition) is 0. The summed E-state index contributed by atoms with van der Waals surface area (Å²) in [4.78, 5) is 21.2. The summed E-state index contributed by atoms with van der Waals surface area (Å²) in [6.07, 6.45) is 4.77. The highest BCUT2D eigenvalue weighted by Crippen LogP contribution is 2.13. The van der Waals surface area contributed by atoms with Gasteiger partial charge in [0, 0.05) is 58.2 Å². The topological polar surface area (TPSA) is 50.6 Å². The molecule has 0 aromatic carbocycles. The smallest absolute Gasteiger partial charge is 0.270 e. The number of hydrogen-bond acceptors (Lipinski definition) is 4. The molecule has 0 spiro atoms. The summed E-state index contributed by atoms with van der Waals surface area (Å²) in [5.74, 6) is 0.801. The highest BCUT2D eigenvalue weighted by Gasteiger charge is 2.23. The number of carbonyl (C=O) groups is 1. The summed E-state index contributed by atoms with van der Waals surface area (Å²) in [6, 6.07) is 7.78. The van der Waals surface area contributed by atoms with Crippen LogP contribution in [0.4, 0.5) is 0 Å². The van der Waals surface area contributed by atoms with Gasteiger partial charge in [0.2, 0.25) is 5.88 Å². The molecule has 1 amide bonds. The number of nitrogens with zero attached hydrogens (tertiary/aromatic N) is 4. The predicted molar refractivity (Wildman–Crippen MR) is 96.6 cm³/mol. The van der Waals surface area contributed by atoms with Gasteiger partial charge in [0.15, 0.2) is 0 Å². The minimum atomic E-state index is 0.117. The quantitative estimate of drug-likeness (QED) is 0.807. The largest absolute Gasteiger partial charge is 0.478 e. The molecule has 3 rings (SSSR count). The van der Waals surface area contributed by atoms with Gasteiger partial charge in [-0.05, 0) is 24.1 Å². The van der Waals surface area contributed by atoms with Gasteiger partial charge in [0.25, 0.3) is 5.91 Å². The number of aryl methyl sites for hydroxylation is 1. The van der Waals surface area contributed by atoms with Crippen molar-refractivity contribution in [3.8, 4) is 5.88 Å². The molecule has 6 heteroatoms. The normalized spacial score (nSPS) is 15.4. The van der Waals surface area contributed by atoms with Gasteiger partial charge in [-0.25, -0.2) is 4.98 Å². The van der Waals surface area contributed by atoms with Crippen LogP contribution in [0.3, 0.4) is 0 Å². The molecule has 0 unspecified atom stereocenters. The lowest BCUT2D eigenvalue weighted by Gasteiger charge is -2.34. The van der Waals surface area contributed by atoms with E-state index in [1.807, 2.05) is 47.1 Å². The first-order chi connectivity index (χ1) is 12.2. The van der Waals surface area contributed by atoms with Crippen LogP contribution < -0.4 is 4.74 Å². The average molecular weight is 342 g/mol. The molecule has 1 aliphatic heterocycles. The molecule has 0 bridgehead atoms. The van der Waals surface area contributed by atoms with E-state index in [-0.39, 0.29) is 5.91 Å². The molecule has 2 aromatic rings. The van der Waals surface area contributed by atoms with E-state index in [4.69, 9.17) is 4.74 Å². The number of aromatic nitrogens is 2. The maximum Gasteiger partial charge on any atom is 0.270 e. The Bertz CT molecular complexity index is 688. The van der Waals surface area contributed by atoms with Crippen LogP contribution in [0.5, 0.6) is 5.88 Å². The average Bonchev–Trinajstić information content (AvgIpc) is 3.07. The third kappa shape index (κ3) is 4.39. The molecule has 6 nitrogen and oxygen atoms in total. The number of ether oxygens (including phenoxy) is 1. The van der Waals surface area contributed by atoms with Crippen LogP contribution in [0.15, 0.2) is 36.7 Å². The Labute approximate surface area is 149 Å². The summed E-state index contributed by atoms with van der Waals surface area (Å²) < 4.78 is 7.39. The number of carbonyl (C=O) groups excluding carboxylic acids is 1. The summed E-state index contributed by atoms with van der Waals surface area (Å²) in [6.45, 7) is 6.91. The van der Waals surface area contributed by atoms with Crippen molar-refractivity contribution in [1.82, 2.24) is 19.4 Å². The van der Waals surface area contributed by atoms with Crippen LogP contribution in [0.25, 0.3) is 0 Å². The Balaban J connectivity index is 1.49. The second-order valence-corrected chi connectivity index (χ2v) is 6.43. The summed E-state index contributed by atoms with van der Waals surface area (Å²) in [5.41, 5.74) is 1.92. The first-order valence-electron chi connectivity index (χ1n) is 8.88. The summed E-state index contributed by atoms with van der Waals surface area (Å²) in [7, 11) is 1.91. The number of amides is 1. The zero-order valence-electron chi connectivity index (χ0n) is 15.0. The van der Waals surface area contributed by atoms with Crippen molar-refractivity contribution in [2.24, 2.45) is 7.05 Å². The van der Waals surface area contributed by atoms with Gasteiger partial charge in [-0.3, -0.25) is 9.69 Å². The Morgan fingerprint density at radius 1 is 1.20 bits per heavy atom. The zero-order chi connectivity index (χ0) is 17.6. The molecule has 3 heterocycles. The van der Waals surface area contributed by atoms with Crippen LogP contribution in [-0.4, -0.2) is 58.0 Å². The van der Waals surface area contributed by atoms with Crippen LogP contribution >= 0.6 is 0 Å². The molecule has 2 aromatic heterocycles. The Kier molecular flexibility index (Phi) is 5.71. The number of pyridine rings is 1. The van der Waals surface area contributed by atoms with Gasteiger partial charge in [-0.2, -0.15) is 0 Å². The molecule has 0 aliphatic carbocycles. The SMILES string of the molecule is CCCOc1ccc(CN2CCN(C(=O)c3cccn3C)CC2)cn1. The minimum Gasteiger partial charge on any atom is -0.478 e. The third-order valence-electron chi connectivity index (χ3n) is 4.48. The molecule has 1 saturated heterocycles. The van der Waals surface area contributed by atoms with E-state index in [2.05, 4.69) is 22.9 Å². The van der Waals surface area contributed by atoms with Gasteiger partial charge in [-0.1, -0.05) is 13.0 Å². The van der Waals surface area contributed by atoms with E-state index < -0.39 is 0 Å². The van der Waals surface area contributed by atoms with Crippen molar-refractivity contribution in [2.45, 2.75) is 19.9 Å². The fourth-order valence-electron chi connectivity index (χ4n) is 3.01. The van der Waals surface area contributed by atoms with Crippen molar-refractivity contribution in [2.75, 3.05) is 32.8 Å². The van der Waals surface area contributed by atoms with Crippen molar-refractivity contribution in [1.29, 1.82) is 0 Å². The maximum absolute atomic E-state index is 12.5. The molecule has 0 N–H and O–H groups in total. The van der Waals surface area contributed by atoms with Crippen molar-refractivity contribution in [3.05, 3.63) is 47.9 Å². The summed E-state index contributed by atoms with van der Waals surface area (Å²) >= 11 is 0. The Morgan fingerprint density at radius 2 is 2.00 bits per heavy atom. The van der Waals surface area contributed by atoms with Crippen LogP contribution in [0, 0.1) is 0 Å². The molecule has 0 atom stereocenters. The van der Waals surface area contributed by atoms with E-state index in [0.29, 0.717) is 12.5 Å². The van der Waals surface area contributed by atoms with Crippen LogP contribution in [-0.2, 0) is 13.6 Å². The van der Waals surface area contributed by atoms with E-state index in [1.54, 1.807) is 0 Å².